The van der Waals surface area contributed by atoms with E-state index in [0.29, 0.717) is 17.2 Å². The van der Waals surface area contributed by atoms with Crippen LogP contribution in [0.5, 0.6) is 11.5 Å². The van der Waals surface area contributed by atoms with Gasteiger partial charge in [-0.1, -0.05) is 48.0 Å². The fourth-order valence-corrected chi connectivity index (χ4v) is 3.93. The van der Waals surface area contributed by atoms with Crippen LogP contribution in [-0.4, -0.2) is 15.2 Å². The molecule has 0 unspecified atom stereocenters. The van der Waals surface area contributed by atoms with Crippen LogP contribution < -0.4 is 0 Å². The summed E-state index contributed by atoms with van der Waals surface area (Å²) in [5.74, 6) is 0.522. The van der Waals surface area contributed by atoms with Gasteiger partial charge in [-0.05, 0) is 53.1 Å². The molecule has 0 amide bonds. The molecule has 1 aliphatic carbocycles. The zero-order valence-electron chi connectivity index (χ0n) is 14.9. The number of aromatic hydroxyl groups is 2. The second-order valence-corrected chi connectivity index (χ2v) is 7.35. The van der Waals surface area contributed by atoms with Gasteiger partial charge in [0, 0.05) is 28.1 Å². The molecule has 2 N–H and O–H groups in total. The van der Waals surface area contributed by atoms with Crippen LogP contribution in [0, 0.1) is 0 Å². The number of benzene rings is 3. The maximum absolute atomic E-state index is 10.3. The highest BCUT2D eigenvalue weighted by Gasteiger charge is 2.26. The number of nitrogens with zero attached hydrogens (tertiary/aromatic N) is 1. The van der Waals surface area contributed by atoms with Gasteiger partial charge in [0.15, 0.2) is 0 Å². The van der Waals surface area contributed by atoms with Gasteiger partial charge in [-0.2, -0.15) is 0 Å². The molecule has 0 fully saturated rings. The number of hydrogen-bond acceptors (Lipinski definition) is 3. The number of halogens is 1. The lowest BCUT2D eigenvalue weighted by molar-refractivity contribution is 0.470. The molecule has 0 saturated heterocycles. The van der Waals surface area contributed by atoms with Gasteiger partial charge in [-0.3, -0.25) is 0 Å². The smallest absolute Gasteiger partial charge is 0.119 e. The monoisotopic (exact) mass is 385 g/mol. The fourth-order valence-electron chi connectivity index (χ4n) is 3.80. The largest absolute Gasteiger partial charge is 0.508 e. The third-order valence-electron chi connectivity index (χ3n) is 5.20. The molecular weight excluding hydrogens is 370 g/mol. The van der Waals surface area contributed by atoms with Gasteiger partial charge < -0.3 is 10.2 Å². The first-order valence-electron chi connectivity index (χ1n) is 9.00. The molecule has 1 heterocycles. The lowest BCUT2D eigenvalue weighted by Gasteiger charge is -2.12. The second kappa shape index (κ2) is 6.39. The maximum Gasteiger partial charge on any atom is 0.119 e. The van der Waals surface area contributed by atoms with Gasteiger partial charge in [-0.25, -0.2) is 4.98 Å². The highest BCUT2D eigenvalue weighted by molar-refractivity contribution is 6.30. The molecule has 4 aromatic rings. The molecule has 5 rings (SSSR count). The minimum Gasteiger partial charge on any atom is -0.508 e. The van der Waals surface area contributed by atoms with Crippen molar-refractivity contribution in [2.75, 3.05) is 0 Å². The van der Waals surface area contributed by atoms with Crippen LogP contribution in [0.15, 0.2) is 72.8 Å². The van der Waals surface area contributed by atoms with E-state index in [9.17, 15) is 10.2 Å². The van der Waals surface area contributed by atoms with Crippen molar-refractivity contribution >= 4 is 11.6 Å². The molecule has 3 nitrogen and oxygen atoms in total. The highest BCUT2D eigenvalue weighted by Crippen LogP contribution is 2.45. The summed E-state index contributed by atoms with van der Waals surface area (Å²) in [4.78, 5) is 4.94. The van der Waals surface area contributed by atoms with Crippen LogP contribution in [0.1, 0.15) is 11.1 Å². The van der Waals surface area contributed by atoms with Crippen LogP contribution in [-0.2, 0) is 6.42 Å². The van der Waals surface area contributed by atoms with E-state index < -0.39 is 0 Å². The van der Waals surface area contributed by atoms with E-state index in [1.165, 1.54) is 0 Å². The lowest BCUT2D eigenvalue weighted by atomic mass is 9.96. The molecule has 1 aromatic heterocycles. The van der Waals surface area contributed by atoms with Crippen LogP contribution >= 0.6 is 11.6 Å². The van der Waals surface area contributed by atoms with Crippen molar-refractivity contribution in [1.29, 1.82) is 0 Å². The van der Waals surface area contributed by atoms with Gasteiger partial charge in [0.25, 0.3) is 0 Å². The number of hydrogen-bond donors (Lipinski definition) is 2. The Morgan fingerprint density at radius 1 is 0.750 bits per heavy atom. The summed E-state index contributed by atoms with van der Waals surface area (Å²) in [6, 6.07) is 22.4. The van der Waals surface area contributed by atoms with Crippen molar-refractivity contribution in [2.24, 2.45) is 0 Å². The zero-order valence-corrected chi connectivity index (χ0v) is 15.6. The van der Waals surface area contributed by atoms with Crippen LogP contribution in [0.4, 0.5) is 0 Å². The minimum atomic E-state index is 0.230. The third-order valence-corrected chi connectivity index (χ3v) is 5.45. The van der Waals surface area contributed by atoms with Crippen LogP contribution in [0.25, 0.3) is 33.6 Å². The molecule has 0 spiro atoms. The number of fused-ring (bicyclic) bond motifs is 3. The van der Waals surface area contributed by atoms with Crippen molar-refractivity contribution in [3.8, 4) is 45.1 Å². The summed E-state index contributed by atoms with van der Waals surface area (Å²) in [5.41, 5.74) is 7.70. The van der Waals surface area contributed by atoms with E-state index in [1.807, 2.05) is 48.5 Å². The van der Waals surface area contributed by atoms with E-state index in [1.54, 1.807) is 18.2 Å². The van der Waals surface area contributed by atoms with Gasteiger partial charge in [0.05, 0.1) is 11.4 Å². The lowest BCUT2D eigenvalue weighted by Crippen LogP contribution is -1.94. The van der Waals surface area contributed by atoms with E-state index in [-0.39, 0.29) is 5.75 Å². The van der Waals surface area contributed by atoms with E-state index in [4.69, 9.17) is 16.6 Å². The molecule has 0 aliphatic heterocycles. The average Bonchev–Trinajstić information content (AvgIpc) is 3.09. The summed E-state index contributed by atoms with van der Waals surface area (Å²) >= 11 is 6.05. The molecule has 4 heteroatoms. The predicted molar refractivity (Wildman–Crippen MR) is 112 cm³/mol. The summed E-state index contributed by atoms with van der Waals surface area (Å²) in [5, 5.41) is 20.7. The van der Waals surface area contributed by atoms with E-state index >= 15 is 0 Å². The van der Waals surface area contributed by atoms with Crippen LogP contribution in [0.2, 0.25) is 5.02 Å². The number of pyridine rings is 1. The Hall–Kier alpha value is -3.30. The maximum atomic E-state index is 10.3. The van der Waals surface area contributed by atoms with Crippen molar-refractivity contribution in [2.45, 2.75) is 6.42 Å². The minimum absolute atomic E-state index is 0.230. The van der Waals surface area contributed by atoms with Gasteiger partial charge in [0.1, 0.15) is 11.5 Å². The van der Waals surface area contributed by atoms with Crippen molar-refractivity contribution in [3.05, 3.63) is 88.9 Å². The van der Waals surface area contributed by atoms with Gasteiger partial charge in [-0.15, -0.1) is 0 Å². The molecule has 0 bridgehead atoms. The number of phenolic OH excluding ortho intramolecular Hbond substituents is 2. The van der Waals surface area contributed by atoms with E-state index in [2.05, 4.69) is 6.07 Å². The van der Waals surface area contributed by atoms with Crippen molar-refractivity contribution in [1.82, 2.24) is 4.98 Å². The molecule has 136 valence electrons. The Morgan fingerprint density at radius 3 is 2.21 bits per heavy atom. The molecule has 3 aromatic carbocycles. The van der Waals surface area contributed by atoms with Gasteiger partial charge >= 0.3 is 0 Å². The summed E-state index contributed by atoms with van der Waals surface area (Å²) < 4.78 is 0. The summed E-state index contributed by atoms with van der Waals surface area (Å²) in [6.45, 7) is 0. The Morgan fingerprint density at radius 2 is 1.46 bits per heavy atom. The normalized spacial score (nSPS) is 11.9. The second-order valence-electron chi connectivity index (χ2n) is 6.92. The predicted octanol–water partition coefficient (Wildman–Crippen LogP) is 6.05. The first-order valence-corrected chi connectivity index (χ1v) is 9.38. The average molecular weight is 386 g/mol. The molecule has 1 aliphatic rings. The molecular formula is C24H16ClNO2. The molecule has 0 atom stereocenters. The number of rotatable bonds is 2. The Balaban J connectivity index is 1.77. The quantitative estimate of drug-likeness (QED) is 0.389. The molecule has 28 heavy (non-hydrogen) atoms. The molecule has 0 saturated carbocycles. The first kappa shape index (κ1) is 16.8. The summed E-state index contributed by atoms with van der Waals surface area (Å²) in [6.07, 6.45) is 0.626. The Kier molecular flexibility index (Phi) is 3.85. The topological polar surface area (TPSA) is 53.4 Å². The standard InChI is InChI=1S/C24H16ClNO2/c25-16-8-4-15(5-9-16)22-13-19(14-6-10-17(27)11-7-14)21-12-20-18(24(21)26-22)2-1-3-23(20)28/h1-11,13,27-28H,12H2. The number of aromatic nitrogens is 1. The number of phenols is 2. The van der Waals surface area contributed by atoms with E-state index in [0.717, 1.165) is 44.8 Å². The third kappa shape index (κ3) is 2.72. The summed E-state index contributed by atoms with van der Waals surface area (Å²) in [7, 11) is 0. The van der Waals surface area contributed by atoms with Crippen molar-refractivity contribution < 1.29 is 10.2 Å². The Bertz CT molecular complexity index is 1200. The van der Waals surface area contributed by atoms with Gasteiger partial charge in [0.2, 0.25) is 0 Å². The fraction of sp³-hybridized carbons (Fsp3) is 0.0417. The highest BCUT2D eigenvalue weighted by atomic mass is 35.5. The van der Waals surface area contributed by atoms with Crippen LogP contribution in [0.3, 0.4) is 0 Å². The molecule has 0 radical (unpaired) electrons. The zero-order chi connectivity index (χ0) is 19.3. The van der Waals surface area contributed by atoms with Crippen molar-refractivity contribution in [3.63, 3.8) is 0 Å². The SMILES string of the molecule is Oc1ccc(-c2cc(-c3ccc(Cl)cc3)nc3c2Cc2c(O)cccc2-3)cc1. The Labute approximate surface area is 167 Å². The first-order chi connectivity index (χ1) is 13.6.